The summed E-state index contributed by atoms with van der Waals surface area (Å²) < 4.78 is 4.64. The van der Waals surface area contributed by atoms with Crippen molar-refractivity contribution in [2.45, 2.75) is 0 Å². The number of hydrogen-bond acceptors (Lipinski definition) is 4. The van der Waals surface area contributed by atoms with E-state index in [-0.39, 0.29) is 0 Å². The summed E-state index contributed by atoms with van der Waals surface area (Å²) in [5, 5.41) is 2.81. The fourth-order valence-electron chi connectivity index (χ4n) is 0.420. The highest BCUT2D eigenvalue weighted by Crippen LogP contribution is 1.78. The van der Waals surface area contributed by atoms with Crippen molar-refractivity contribution in [2.24, 2.45) is 0 Å². The molecule has 0 saturated carbocycles. The third-order valence-corrected chi connectivity index (χ3v) is 0.907. The summed E-state index contributed by atoms with van der Waals surface area (Å²) in [6.45, 7) is 0.930. The SMILES string of the molecule is CNCCOC(=O)/C=C/C=O. The Morgan fingerprint density at radius 1 is 1.64 bits per heavy atom. The van der Waals surface area contributed by atoms with E-state index in [4.69, 9.17) is 0 Å². The van der Waals surface area contributed by atoms with E-state index in [1.54, 1.807) is 7.05 Å². The maximum absolute atomic E-state index is 10.6. The Kier molecular flexibility index (Phi) is 6.22. The van der Waals surface area contributed by atoms with Gasteiger partial charge in [0, 0.05) is 12.6 Å². The van der Waals surface area contributed by atoms with Crippen LogP contribution in [0.1, 0.15) is 0 Å². The molecule has 0 aliphatic carbocycles. The first kappa shape index (κ1) is 9.84. The summed E-state index contributed by atoms with van der Waals surface area (Å²) in [5.74, 6) is -0.493. The summed E-state index contributed by atoms with van der Waals surface area (Å²) in [6, 6.07) is 0. The molecule has 62 valence electrons. The van der Waals surface area contributed by atoms with Gasteiger partial charge in [0.2, 0.25) is 0 Å². The Labute approximate surface area is 65.2 Å². The van der Waals surface area contributed by atoms with Gasteiger partial charge in [-0.05, 0) is 13.1 Å². The molecular weight excluding hydrogens is 146 g/mol. The average Bonchev–Trinajstić information content (AvgIpc) is 2.01. The molecular formula is C7H11NO3. The number of rotatable bonds is 5. The minimum absolute atomic E-state index is 0.318. The summed E-state index contributed by atoms with van der Waals surface area (Å²) in [7, 11) is 1.76. The minimum atomic E-state index is -0.493. The van der Waals surface area contributed by atoms with Crippen LogP contribution in [-0.2, 0) is 14.3 Å². The molecule has 0 aromatic heterocycles. The standard InChI is InChI=1S/C7H11NO3/c1-8-4-6-11-7(10)3-2-5-9/h2-3,5,8H,4,6H2,1H3/b3-2+. The number of aldehydes is 1. The zero-order valence-electron chi connectivity index (χ0n) is 6.37. The second kappa shape index (κ2) is 6.95. The Bertz CT molecular complexity index is 154. The van der Waals surface area contributed by atoms with Crippen LogP contribution in [0.2, 0.25) is 0 Å². The summed E-state index contributed by atoms with van der Waals surface area (Å²) >= 11 is 0. The fraction of sp³-hybridized carbons (Fsp3) is 0.429. The van der Waals surface area contributed by atoms with E-state index in [2.05, 4.69) is 10.1 Å². The first-order valence-corrected chi connectivity index (χ1v) is 3.24. The van der Waals surface area contributed by atoms with Crippen molar-refractivity contribution in [2.75, 3.05) is 20.2 Å². The number of hydrogen-bond donors (Lipinski definition) is 1. The van der Waals surface area contributed by atoms with Crippen molar-refractivity contribution in [3.05, 3.63) is 12.2 Å². The maximum Gasteiger partial charge on any atom is 0.330 e. The molecule has 0 aliphatic rings. The number of carbonyl (C=O) groups excluding carboxylic acids is 2. The molecule has 0 fully saturated rings. The third-order valence-electron chi connectivity index (χ3n) is 0.907. The number of allylic oxidation sites excluding steroid dienone is 1. The van der Waals surface area contributed by atoms with Crippen LogP contribution in [0.25, 0.3) is 0 Å². The molecule has 0 saturated heterocycles. The first-order chi connectivity index (χ1) is 5.31. The highest BCUT2D eigenvalue weighted by molar-refractivity contribution is 5.86. The van der Waals surface area contributed by atoms with Gasteiger partial charge in [-0.3, -0.25) is 4.79 Å². The molecule has 0 aromatic rings. The van der Waals surface area contributed by atoms with Crippen LogP contribution in [0.5, 0.6) is 0 Å². The Morgan fingerprint density at radius 3 is 2.91 bits per heavy atom. The van der Waals surface area contributed by atoms with Crippen LogP contribution in [0.15, 0.2) is 12.2 Å². The molecule has 0 unspecified atom stereocenters. The first-order valence-electron chi connectivity index (χ1n) is 3.24. The highest BCUT2D eigenvalue weighted by atomic mass is 16.5. The van der Waals surface area contributed by atoms with Crippen molar-refractivity contribution in [3.63, 3.8) is 0 Å². The van der Waals surface area contributed by atoms with E-state index in [1.807, 2.05) is 0 Å². The van der Waals surface area contributed by atoms with Gasteiger partial charge in [-0.1, -0.05) is 0 Å². The summed E-state index contributed by atoms with van der Waals surface area (Å²) in [4.78, 5) is 20.3. The van der Waals surface area contributed by atoms with Crippen LogP contribution in [-0.4, -0.2) is 32.5 Å². The maximum atomic E-state index is 10.6. The molecule has 0 spiro atoms. The Balaban J connectivity index is 3.37. The van der Waals surface area contributed by atoms with Gasteiger partial charge in [-0.25, -0.2) is 4.79 Å². The lowest BCUT2D eigenvalue weighted by Crippen LogP contribution is -2.16. The predicted molar refractivity (Wildman–Crippen MR) is 40.1 cm³/mol. The van der Waals surface area contributed by atoms with Crippen molar-refractivity contribution in [3.8, 4) is 0 Å². The van der Waals surface area contributed by atoms with E-state index in [1.165, 1.54) is 0 Å². The van der Waals surface area contributed by atoms with E-state index >= 15 is 0 Å². The highest BCUT2D eigenvalue weighted by Gasteiger charge is 1.93. The molecule has 11 heavy (non-hydrogen) atoms. The second-order valence-electron chi connectivity index (χ2n) is 1.77. The average molecular weight is 157 g/mol. The molecule has 0 heterocycles. The fourth-order valence-corrected chi connectivity index (χ4v) is 0.420. The molecule has 0 atom stereocenters. The van der Waals surface area contributed by atoms with E-state index < -0.39 is 5.97 Å². The Morgan fingerprint density at radius 2 is 2.36 bits per heavy atom. The number of carbonyl (C=O) groups is 2. The number of nitrogens with one attached hydrogen (secondary N) is 1. The zero-order chi connectivity index (χ0) is 8.53. The van der Waals surface area contributed by atoms with E-state index in [0.717, 1.165) is 12.2 Å². The van der Waals surface area contributed by atoms with Crippen molar-refractivity contribution in [1.29, 1.82) is 0 Å². The third kappa shape index (κ3) is 6.73. The summed E-state index contributed by atoms with van der Waals surface area (Å²) in [5.41, 5.74) is 0. The van der Waals surface area contributed by atoms with Crippen LogP contribution >= 0.6 is 0 Å². The van der Waals surface area contributed by atoms with Gasteiger partial charge in [-0.15, -0.1) is 0 Å². The molecule has 0 radical (unpaired) electrons. The van der Waals surface area contributed by atoms with Crippen molar-refractivity contribution >= 4 is 12.3 Å². The van der Waals surface area contributed by atoms with Gasteiger partial charge in [0.1, 0.15) is 12.9 Å². The molecule has 1 N–H and O–H groups in total. The second-order valence-corrected chi connectivity index (χ2v) is 1.77. The number of esters is 1. The normalized spacial score (nSPS) is 9.91. The van der Waals surface area contributed by atoms with Gasteiger partial charge in [-0.2, -0.15) is 0 Å². The van der Waals surface area contributed by atoms with Crippen LogP contribution in [0.4, 0.5) is 0 Å². The van der Waals surface area contributed by atoms with E-state index in [9.17, 15) is 9.59 Å². The van der Waals surface area contributed by atoms with Gasteiger partial charge in [0.15, 0.2) is 0 Å². The smallest absolute Gasteiger partial charge is 0.330 e. The van der Waals surface area contributed by atoms with Crippen LogP contribution < -0.4 is 5.32 Å². The monoisotopic (exact) mass is 157 g/mol. The van der Waals surface area contributed by atoms with Gasteiger partial charge < -0.3 is 10.1 Å². The lowest BCUT2D eigenvalue weighted by molar-refractivity contribution is -0.137. The number of likely N-dealkylation sites (N-methyl/N-ethyl adjacent to an activating group) is 1. The quantitative estimate of drug-likeness (QED) is 0.253. The number of ether oxygens (including phenoxy) is 1. The predicted octanol–water partition coefficient (Wildman–Crippen LogP) is -0.496. The van der Waals surface area contributed by atoms with Gasteiger partial charge >= 0.3 is 5.97 Å². The molecule has 0 rings (SSSR count). The zero-order valence-corrected chi connectivity index (χ0v) is 6.37. The lowest BCUT2D eigenvalue weighted by atomic mass is 10.5. The molecule has 4 nitrogen and oxygen atoms in total. The summed E-state index contributed by atoms with van der Waals surface area (Å²) in [6.07, 6.45) is 2.71. The van der Waals surface area contributed by atoms with Gasteiger partial charge in [0.05, 0.1) is 0 Å². The molecule has 0 aromatic carbocycles. The van der Waals surface area contributed by atoms with Crippen LogP contribution in [0, 0.1) is 0 Å². The van der Waals surface area contributed by atoms with E-state index in [0.29, 0.717) is 19.4 Å². The largest absolute Gasteiger partial charge is 0.461 e. The van der Waals surface area contributed by atoms with Crippen molar-refractivity contribution in [1.82, 2.24) is 5.32 Å². The molecule has 0 aliphatic heterocycles. The molecule has 4 heteroatoms. The van der Waals surface area contributed by atoms with Gasteiger partial charge in [0.25, 0.3) is 0 Å². The lowest BCUT2D eigenvalue weighted by Gasteiger charge is -1.98. The molecule has 0 bridgehead atoms. The molecule has 0 amide bonds. The Hall–Kier alpha value is -1.16. The topological polar surface area (TPSA) is 55.4 Å². The minimum Gasteiger partial charge on any atom is -0.461 e. The van der Waals surface area contributed by atoms with Crippen molar-refractivity contribution < 1.29 is 14.3 Å². The van der Waals surface area contributed by atoms with Crippen LogP contribution in [0.3, 0.4) is 0 Å².